The van der Waals surface area contributed by atoms with E-state index in [1.165, 1.54) is 12.8 Å². The Hall–Kier alpha value is -1.39. The lowest BCUT2D eigenvalue weighted by Gasteiger charge is -2.28. The van der Waals surface area contributed by atoms with Gasteiger partial charge in [-0.15, -0.1) is 10.2 Å². The first-order valence-corrected chi connectivity index (χ1v) is 6.72. The van der Waals surface area contributed by atoms with Gasteiger partial charge in [0, 0.05) is 7.05 Å². The van der Waals surface area contributed by atoms with Crippen molar-refractivity contribution in [3.05, 3.63) is 12.2 Å². The van der Waals surface area contributed by atoms with Gasteiger partial charge in [-0.3, -0.25) is 4.79 Å². The van der Waals surface area contributed by atoms with Crippen molar-refractivity contribution >= 4 is 5.97 Å². The summed E-state index contributed by atoms with van der Waals surface area (Å²) in [6, 6.07) is 0. The molecule has 0 spiro atoms. The van der Waals surface area contributed by atoms with E-state index in [-0.39, 0.29) is 5.97 Å². The number of carbonyl (C=O) groups is 1. The Labute approximate surface area is 108 Å². The van der Waals surface area contributed by atoms with Gasteiger partial charge in [0.15, 0.2) is 0 Å². The molecule has 0 aliphatic heterocycles. The topological polar surface area (TPSA) is 57.0 Å². The minimum Gasteiger partial charge on any atom is -0.465 e. The SMILES string of the molecule is CCOC(=O)C1(c2nncn2C)CCCCCC1. The third-order valence-corrected chi connectivity index (χ3v) is 3.76. The van der Waals surface area contributed by atoms with Gasteiger partial charge in [0.1, 0.15) is 17.6 Å². The predicted octanol–water partition coefficient (Wildman–Crippen LogP) is 1.97. The number of hydrogen-bond acceptors (Lipinski definition) is 4. The third kappa shape index (κ3) is 2.26. The molecule has 0 radical (unpaired) electrons. The van der Waals surface area contributed by atoms with E-state index in [1.807, 2.05) is 18.5 Å². The van der Waals surface area contributed by atoms with Gasteiger partial charge in [-0.2, -0.15) is 0 Å². The highest BCUT2D eigenvalue weighted by Crippen LogP contribution is 2.38. The van der Waals surface area contributed by atoms with E-state index in [4.69, 9.17) is 4.74 Å². The quantitative estimate of drug-likeness (QED) is 0.609. The molecule has 5 nitrogen and oxygen atoms in total. The Morgan fingerprint density at radius 3 is 2.56 bits per heavy atom. The Morgan fingerprint density at radius 2 is 2.06 bits per heavy atom. The number of ether oxygens (including phenoxy) is 1. The van der Waals surface area contributed by atoms with Crippen LogP contribution in [-0.4, -0.2) is 27.3 Å². The third-order valence-electron chi connectivity index (χ3n) is 3.76. The van der Waals surface area contributed by atoms with Crippen molar-refractivity contribution in [3.63, 3.8) is 0 Å². The molecule has 5 heteroatoms. The van der Waals surface area contributed by atoms with Crippen molar-refractivity contribution in [2.45, 2.75) is 50.9 Å². The summed E-state index contributed by atoms with van der Waals surface area (Å²) in [5.74, 6) is 0.617. The molecule has 1 aliphatic rings. The Morgan fingerprint density at radius 1 is 1.39 bits per heavy atom. The predicted molar refractivity (Wildman–Crippen MR) is 67.0 cm³/mol. The van der Waals surface area contributed by atoms with E-state index in [2.05, 4.69) is 10.2 Å². The Kier molecular flexibility index (Phi) is 3.99. The number of esters is 1. The van der Waals surface area contributed by atoms with Gasteiger partial charge in [0.05, 0.1) is 6.61 Å². The fourth-order valence-electron chi connectivity index (χ4n) is 2.84. The molecule has 0 amide bonds. The van der Waals surface area contributed by atoms with Gasteiger partial charge in [-0.05, 0) is 19.8 Å². The van der Waals surface area contributed by atoms with Crippen LogP contribution in [0, 0.1) is 0 Å². The molecule has 1 aromatic rings. The van der Waals surface area contributed by atoms with E-state index in [0.717, 1.165) is 31.5 Å². The summed E-state index contributed by atoms with van der Waals surface area (Å²) >= 11 is 0. The monoisotopic (exact) mass is 251 g/mol. The smallest absolute Gasteiger partial charge is 0.319 e. The summed E-state index contributed by atoms with van der Waals surface area (Å²) in [6.45, 7) is 2.26. The molecule has 18 heavy (non-hydrogen) atoms. The summed E-state index contributed by atoms with van der Waals surface area (Å²) in [4.78, 5) is 12.4. The number of nitrogens with zero attached hydrogens (tertiary/aromatic N) is 3. The van der Waals surface area contributed by atoms with Crippen LogP contribution in [0.15, 0.2) is 6.33 Å². The molecule has 1 aliphatic carbocycles. The van der Waals surface area contributed by atoms with E-state index in [0.29, 0.717) is 6.61 Å². The second-order valence-corrected chi connectivity index (χ2v) is 4.98. The molecule has 100 valence electrons. The van der Waals surface area contributed by atoms with Crippen molar-refractivity contribution in [3.8, 4) is 0 Å². The second-order valence-electron chi connectivity index (χ2n) is 4.98. The van der Waals surface area contributed by atoms with Crippen LogP contribution in [0.4, 0.5) is 0 Å². The van der Waals surface area contributed by atoms with Gasteiger partial charge < -0.3 is 9.30 Å². The van der Waals surface area contributed by atoms with Gasteiger partial charge in [-0.1, -0.05) is 25.7 Å². The Bertz CT molecular complexity index is 406. The lowest BCUT2D eigenvalue weighted by Crippen LogP contribution is -2.39. The molecule has 1 aromatic heterocycles. The number of rotatable bonds is 3. The molecule has 0 aromatic carbocycles. The first-order chi connectivity index (χ1) is 8.70. The first kappa shape index (κ1) is 13.1. The van der Waals surface area contributed by atoms with Crippen molar-refractivity contribution in [1.82, 2.24) is 14.8 Å². The molecule has 1 fully saturated rings. The van der Waals surface area contributed by atoms with E-state index < -0.39 is 5.41 Å². The Balaban J connectivity index is 2.38. The van der Waals surface area contributed by atoms with Crippen LogP contribution in [0.25, 0.3) is 0 Å². The standard InChI is InChI=1S/C13H21N3O2/c1-3-18-12(17)13(8-6-4-5-7-9-13)11-15-14-10-16(11)2/h10H,3-9H2,1-2H3. The van der Waals surface area contributed by atoms with Crippen LogP contribution in [0.5, 0.6) is 0 Å². The fraction of sp³-hybridized carbons (Fsp3) is 0.769. The van der Waals surface area contributed by atoms with Crippen LogP contribution in [0.2, 0.25) is 0 Å². The van der Waals surface area contributed by atoms with Gasteiger partial charge in [0.25, 0.3) is 0 Å². The lowest BCUT2D eigenvalue weighted by molar-refractivity contribution is -0.151. The molecule has 1 saturated carbocycles. The van der Waals surface area contributed by atoms with Crippen LogP contribution in [0.1, 0.15) is 51.3 Å². The van der Waals surface area contributed by atoms with Crippen molar-refractivity contribution < 1.29 is 9.53 Å². The molecule has 0 bridgehead atoms. The van der Waals surface area contributed by atoms with E-state index in [1.54, 1.807) is 6.33 Å². The molecule has 2 rings (SSSR count). The summed E-state index contributed by atoms with van der Waals surface area (Å²) in [7, 11) is 1.89. The average Bonchev–Trinajstić information content (AvgIpc) is 2.66. The highest BCUT2D eigenvalue weighted by atomic mass is 16.5. The highest BCUT2D eigenvalue weighted by molar-refractivity contribution is 5.82. The second kappa shape index (κ2) is 5.50. The molecule has 0 saturated heterocycles. The van der Waals surface area contributed by atoms with Crippen LogP contribution in [-0.2, 0) is 22.0 Å². The van der Waals surface area contributed by atoms with Gasteiger partial charge in [-0.25, -0.2) is 0 Å². The molecule has 0 atom stereocenters. The zero-order valence-corrected chi connectivity index (χ0v) is 11.2. The van der Waals surface area contributed by atoms with Crippen molar-refractivity contribution in [1.29, 1.82) is 0 Å². The normalized spacial score (nSPS) is 19.2. The molecule has 0 unspecified atom stereocenters. The summed E-state index contributed by atoms with van der Waals surface area (Å²) in [5, 5.41) is 8.09. The number of hydrogen-bond donors (Lipinski definition) is 0. The maximum atomic E-state index is 12.4. The number of aryl methyl sites for hydroxylation is 1. The minimum atomic E-state index is -0.586. The lowest BCUT2D eigenvalue weighted by atomic mass is 9.79. The van der Waals surface area contributed by atoms with Crippen molar-refractivity contribution in [2.75, 3.05) is 6.61 Å². The molecule has 0 N–H and O–H groups in total. The first-order valence-electron chi connectivity index (χ1n) is 6.72. The summed E-state index contributed by atoms with van der Waals surface area (Å²) in [5.41, 5.74) is -0.586. The zero-order chi connectivity index (χ0) is 13.0. The maximum Gasteiger partial charge on any atom is 0.319 e. The maximum absolute atomic E-state index is 12.4. The molecular formula is C13H21N3O2. The van der Waals surface area contributed by atoms with Crippen LogP contribution in [0.3, 0.4) is 0 Å². The molecular weight excluding hydrogens is 230 g/mol. The zero-order valence-electron chi connectivity index (χ0n) is 11.2. The van der Waals surface area contributed by atoms with Gasteiger partial charge in [0.2, 0.25) is 0 Å². The minimum absolute atomic E-state index is 0.136. The number of carbonyl (C=O) groups excluding carboxylic acids is 1. The number of aromatic nitrogens is 3. The summed E-state index contributed by atoms with van der Waals surface area (Å²) < 4.78 is 7.15. The van der Waals surface area contributed by atoms with Crippen LogP contribution >= 0.6 is 0 Å². The van der Waals surface area contributed by atoms with Crippen molar-refractivity contribution in [2.24, 2.45) is 7.05 Å². The largest absolute Gasteiger partial charge is 0.465 e. The fourth-order valence-corrected chi connectivity index (χ4v) is 2.84. The molecule has 1 heterocycles. The van der Waals surface area contributed by atoms with E-state index in [9.17, 15) is 4.79 Å². The van der Waals surface area contributed by atoms with E-state index >= 15 is 0 Å². The highest BCUT2D eigenvalue weighted by Gasteiger charge is 2.45. The average molecular weight is 251 g/mol. The van der Waals surface area contributed by atoms with Crippen LogP contribution < -0.4 is 0 Å². The summed E-state index contributed by atoms with van der Waals surface area (Å²) in [6.07, 6.45) is 7.74. The van der Waals surface area contributed by atoms with Gasteiger partial charge >= 0.3 is 5.97 Å².